The lowest BCUT2D eigenvalue weighted by Crippen LogP contribution is -2.42. The molecule has 3 N–H and O–H groups in total. The molecule has 1 aromatic carbocycles. The molecule has 132 valence electrons. The maximum atomic E-state index is 13.2. The van der Waals surface area contributed by atoms with Crippen LogP contribution in [0.4, 0.5) is 10.1 Å². The second kappa shape index (κ2) is 7.80. The van der Waals surface area contributed by atoms with Gasteiger partial charge in [-0.15, -0.1) is 0 Å². The number of rotatable bonds is 5. The Balaban J connectivity index is 1.66. The first-order valence-corrected chi connectivity index (χ1v) is 8.57. The van der Waals surface area contributed by atoms with Gasteiger partial charge in [0.25, 0.3) is 5.91 Å². The summed E-state index contributed by atoms with van der Waals surface area (Å²) in [5, 5.41) is 3.84. The first-order valence-electron chi connectivity index (χ1n) is 8.19. The van der Waals surface area contributed by atoms with Crippen LogP contribution in [0.5, 0.6) is 0 Å². The van der Waals surface area contributed by atoms with Gasteiger partial charge in [0.1, 0.15) is 5.82 Å². The lowest BCUT2D eigenvalue weighted by atomic mass is 10.0. The highest BCUT2D eigenvalue weighted by Crippen LogP contribution is 2.23. The van der Waals surface area contributed by atoms with E-state index < -0.39 is 5.91 Å². The van der Waals surface area contributed by atoms with Gasteiger partial charge < -0.3 is 11.1 Å². The Bertz CT molecular complexity index is 770. The molecule has 2 aromatic rings. The van der Waals surface area contributed by atoms with E-state index >= 15 is 0 Å². The molecule has 0 saturated carbocycles. The topological polar surface area (TPSA) is 71.2 Å². The SMILES string of the molecule is NC(=O)c1cnccc1NC1CCCN(Cc2ccc(F)cc2Cl)C1. The van der Waals surface area contributed by atoms with E-state index in [1.165, 1.54) is 18.3 Å². The second-order valence-corrected chi connectivity index (χ2v) is 6.65. The summed E-state index contributed by atoms with van der Waals surface area (Å²) in [6.45, 7) is 2.41. The Hall–Kier alpha value is -2.18. The number of halogens is 2. The van der Waals surface area contributed by atoms with E-state index in [1.807, 2.05) is 0 Å². The number of carbonyl (C=O) groups excluding carboxylic acids is 1. The minimum atomic E-state index is -0.499. The summed E-state index contributed by atoms with van der Waals surface area (Å²) >= 11 is 6.13. The van der Waals surface area contributed by atoms with Crippen LogP contribution in [0, 0.1) is 5.82 Å². The standard InChI is InChI=1S/C18H20ClFN4O/c19-16-8-13(20)4-3-12(16)10-24-7-1-2-14(11-24)23-17-5-6-22-9-15(17)18(21)25/h3-6,8-9,14H,1-2,7,10-11H2,(H2,21,25)(H,22,23). The average molecular weight is 363 g/mol. The number of anilines is 1. The van der Waals surface area contributed by atoms with Crippen molar-refractivity contribution in [2.75, 3.05) is 18.4 Å². The van der Waals surface area contributed by atoms with E-state index in [1.54, 1.807) is 18.3 Å². The van der Waals surface area contributed by atoms with Gasteiger partial charge in [0, 0.05) is 36.5 Å². The second-order valence-electron chi connectivity index (χ2n) is 6.24. The molecule has 1 aromatic heterocycles. The monoisotopic (exact) mass is 362 g/mol. The van der Waals surface area contributed by atoms with Gasteiger partial charge >= 0.3 is 0 Å². The van der Waals surface area contributed by atoms with Crippen molar-refractivity contribution in [3.63, 3.8) is 0 Å². The van der Waals surface area contributed by atoms with E-state index in [0.29, 0.717) is 22.8 Å². The minimum absolute atomic E-state index is 0.188. The van der Waals surface area contributed by atoms with Crippen LogP contribution >= 0.6 is 11.6 Å². The fraction of sp³-hybridized carbons (Fsp3) is 0.333. The van der Waals surface area contributed by atoms with Crippen LogP contribution in [0.1, 0.15) is 28.8 Å². The molecule has 0 bridgehead atoms. The lowest BCUT2D eigenvalue weighted by Gasteiger charge is -2.34. The summed E-state index contributed by atoms with van der Waals surface area (Å²) in [7, 11) is 0. The summed E-state index contributed by atoms with van der Waals surface area (Å²) in [6, 6.07) is 6.44. The normalized spacial score (nSPS) is 18.1. The minimum Gasteiger partial charge on any atom is -0.380 e. The fourth-order valence-corrected chi connectivity index (χ4v) is 3.37. The van der Waals surface area contributed by atoms with E-state index in [0.717, 1.165) is 31.5 Å². The van der Waals surface area contributed by atoms with Gasteiger partial charge in [0.15, 0.2) is 0 Å². The maximum Gasteiger partial charge on any atom is 0.252 e. The van der Waals surface area contributed by atoms with Crippen molar-refractivity contribution in [3.8, 4) is 0 Å². The van der Waals surface area contributed by atoms with Gasteiger partial charge in [0.05, 0.1) is 11.3 Å². The van der Waals surface area contributed by atoms with Crippen LogP contribution in [0.25, 0.3) is 0 Å². The number of aromatic nitrogens is 1. The lowest BCUT2D eigenvalue weighted by molar-refractivity contribution is 0.100. The highest BCUT2D eigenvalue weighted by Gasteiger charge is 2.22. The molecular weight excluding hydrogens is 343 g/mol. The van der Waals surface area contributed by atoms with E-state index in [2.05, 4.69) is 15.2 Å². The number of primary amides is 1. The average Bonchev–Trinajstić information content (AvgIpc) is 2.58. The van der Waals surface area contributed by atoms with Crippen molar-refractivity contribution in [1.29, 1.82) is 0 Å². The Kier molecular flexibility index (Phi) is 5.50. The zero-order valence-corrected chi connectivity index (χ0v) is 14.5. The summed E-state index contributed by atoms with van der Waals surface area (Å²) in [5.74, 6) is -0.829. The number of likely N-dealkylation sites (tertiary alicyclic amines) is 1. The van der Waals surface area contributed by atoms with Crippen LogP contribution in [0.3, 0.4) is 0 Å². The Labute approximate surface area is 151 Å². The fourth-order valence-electron chi connectivity index (χ4n) is 3.14. The number of hydrogen-bond donors (Lipinski definition) is 2. The number of piperidine rings is 1. The molecule has 0 radical (unpaired) electrons. The van der Waals surface area contributed by atoms with Crippen molar-refractivity contribution < 1.29 is 9.18 Å². The zero-order chi connectivity index (χ0) is 17.8. The third-order valence-electron chi connectivity index (χ3n) is 4.36. The number of nitrogens with zero attached hydrogens (tertiary/aromatic N) is 2. The third-order valence-corrected chi connectivity index (χ3v) is 4.71. The molecule has 5 nitrogen and oxygen atoms in total. The molecule has 1 atom stereocenters. The van der Waals surface area contributed by atoms with Crippen LogP contribution in [-0.2, 0) is 6.54 Å². The molecule has 1 amide bonds. The molecule has 1 aliphatic heterocycles. The molecule has 0 aliphatic carbocycles. The van der Waals surface area contributed by atoms with Gasteiger partial charge in [-0.05, 0) is 43.1 Å². The molecule has 1 aliphatic rings. The zero-order valence-electron chi connectivity index (χ0n) is 13.7. The van der Waals surface area contributed by atoms with Crippen molar-refractivity contribution in [2.45, 2.75) is 25.4 Å². The highest BCUT2D eigenvalue weighted by molar-refractivity contribution is 6.31. The van der Waals surface area contributed by atoms with Gasteiger partial charge in [-0.25, -0.2) is 4.39 Å². The maximum absolute atomic E-state index is 13.2. The Morgan fingerprint density at radius 3 is 3.04 bits per heavy atom. The molecule has 1 unspecified atom stereocenters. The summed E-state index contributed by atoms with van der Waals surface area (Å²) in [6.07, 6.45) is 5.12. The summed E-state index contributed by atoms with van der Waals surface area (Å²) in [4.78, 5) is 17.7. The number of nitrogens with one attached hydrogen (secondary N) is 1. The van der Waals surface area contributed by atoms with Gasteiger partial charge in [-0.2, -0.15) is 0 Å². The number of benzene rings is 1. The van der Waals surface area contributed by atoms with E-state index in [-0.39, 0.29) is 11.9 Å². The molecule has 3 rings (SSSR count). The van der Waals surface area contributed by atoms with Crippen LogP contribution in [-0.4, -0.2) is 34.9 Å². The van der Waals surface area contributed by atoms with Crippen molar-refractivity contribution in [2.24, 2.45) is 5.73 Å². The molecule has 2 heterocycles. The highest BCUT2D eigenvalue weighted by atomic mass is 35.5. The largest absolute Gasteiger partial charge is 0.380 e. The first kappa shape index (κ1) is 17.6. The number of amides is 1. The number of nitrogens with two attached hydrogens (primary N) is 1. The van der Waals surface area contributed by atoms with E-state index in [4.69, 9.17) is 17.3 Å². The van der Waals surface area contributed by atoms with Crippen molar-refractivity contribution in [3.05, 3.63) is 58.6 Å². The predicted molar refractivity (Wildman–Crippen MR) is 96.1 cm³/mol. The van der Waals surface area contributed by atoms with E-state index in [9.17, 15) is 9.18 Å². The molecule has 1 saturated heterocycles. The molecule has 25 heavy (non-hydrogen) atoms. The first-order chi connectivity index (χ1) is 12.0. The molecule has 0 spiro atoms. The quantitative estimate of drug-likeness (QED) is 0.857. The van der Waals surface area contributed by atoms with Crippen LogP contribution in [0.2, 0.25) is 5.02 Å². The van der Waals surface area contributed by atoms with Crippen LogP contribution < -0.4 is 11.1 Å². The number of carbonyl (C=O) groups is 1. The van der Waals surface area contributed by atoms with Crippen LogP contribution in [0.15, 0.2) is 36.7 Å². The van der Waals surface area contributed by atoms with Gasteiger partial charge in [-0.3, -0.25) is 14.7 Å². The molecule has 7 heteroatoms. The smallest absolute Gasteiger partial charge is 0.252 e. The predicted octanol–water partition coefficient (Wildman–Crippen LogP) is 3.05. The Morgan fingerprint density at radius 2 is 2.28 bits per heavy atom. The van der Waals surface area contributed by atoms with Gasteiger partial charge in [-0.1, -0.05) is 17.7 Å². The van der Waals surface area contributed by atoms with Crippen molar-refractivity contribution in [1.82, 2.24) is 9.88 Å². The summed E-state index contributed by atoms with van der Waals surface area (Å²) in [5.41, 5.74) is 7.40. The number of hydrogen-bond acceptors (Lipinski definition) is 4. The Morgan fingerprint density at radius 1 is 1.44 bits per heavy atom. The number of pyridine rings is 1. The molecule has 1 fully saturated rings. The van der Waals surface area contributed by atoms with Crippen molar-refractivity contribution >= 4 is 23.2 Å². The van der Waals surface area contributed by atoms with Gasteiger partial charge in [0.2, 0.25) is 0 Å². The summed E-state index contributed by atoms with van der Waals surface area (Å²) < 4.78 is 13.2. The third kappa shape index (κ3) is 4.46. The molecular formula is C18H20ClFN4O.